The van der Waals surface area contributed by atoms with Crippen LogP contribution in [-0.4, -0.2) is 22.4 Å². The highest BCUT2D eigenvalue weighted by Gasteiger charge is 2.36. The number of hydrogen-bond acceptors (Lipinski definition) is 3. The van der Waals surface area contributed by atoms with Gasteiger partial charge in [0.15, 0.2) is 0 Å². The Balaban J connectivity index is 1.35. The van der Waals surface area contributed by atoms with Crippen molar-refractivity contribution in [3.63, 3.8) is 0 Å². The van der Waals surface area contributed by atoms with E-state index < -0.39 is 18.3 Å². The molecule has 0 unspecified atom stereocenters. The summed E-state index contributed by atoms with van der Waals surface area (Å²) in [6.45, 7) is 0. The first kappa shape index (κ1) is 19.3. The Labute approximate surface area is 178 Å². The first-order valence-electron chi connectivity index (χ1n) is 11.0. The zero-order chi connectivity index (χ0) is 20.5. The predicted molar refractivity (Wildman–Crippen MR) is 119 cm³/mol. The quantitative estimate of drug-likeness (QED) is 0.616. The maximum absolute atomic E-state index is 10.7. The summed E-state index contributed by atoms with van der Waals surface area (Å²) in [4.78, 5) is 0. The van der Waals surface area contributed by atoms with E-state index >= 15 is 0 Å². The van der Waals surface area contributed by atoms with Crippen molar-refractivity contribution in [3.05, 3.63) is 89.5 Å². The van der Waals surface area contributed by atoms with E-state index in [1.54, 1.807) is 0 Å². The molecule has 3 heteroatoms. The lowest BCUT2D eigenvalue weighted by Gasteiger charge is -2.35. The molecule has 1 saturated carbocycles. The minimum absolute atomic E-state index is 0.464. The molecule has 0 radical (unpaired) electrons. The number of rotatable bonds is 4. The van der Waals surface area contributed by atoms with Crippen LogP contribution in [0.4, 0.5) is 0 Å². The number of benzene rings is 3. The second kappa shape index (κ2) is 8.25. The van der Waals surface area contributed by atoms with Crippen LogP contribution in [0.2, 0.25) is 0 Å². The summed E-state index contributed by atoms with van der Waals surface area (Å²) in [7, 11) is 0. The van der Waals surface area contributed by atoms with Crippen molar-refractivity contribution < 1.29 is 14.9 Å². The molecule has 2 aliphatic rings. The van der Waals surface area contributed by atoms with Gasteiger partial charge in [-0.2, -0.15) is 0 Å². The first-order valence-corrected chi connectivity index (χ1v) is 11.0. The monoisotopic (exact) mass is 400 g/mol. The summed E-state index contributed by atoms with van der Waals surface area (Å²) in [5.41, 5.74) is 5.42. The lowest BCUT2D eigenvalue weighted by molar-refractivity contribution is -0.0678. The third kappa shape index (κ3) is 3.76. The third-order valence-electron chi connectivity index (χ3n) is 6.66. The Morgan fingerprint density at radius 1 is 0.800 bits per heavy atom. The molecule has 0 aromatic heterocycles. The van der Waals surface area contributed by atoms with Gasteiger partial charge in [0, 0.05) is 12.0 Å². The molecule has 3 nitrogen and oxygen atoms in total. The molecule has 0 spiro atoms. The van der Waals surface area contributed by atoms with Gasteiger partial charge in [0.1, 0.15) is 24.1 Å². The van der Waals surface area contributed by atoms with Crippen molar-refractivity contribution in [2.45, 2.75) is 56.3 Å². The van der Waals surface area contributed by atoms with Crippen molar-refractivity contribution in [2.75, 3.05) is 0 Å². The average molecular weight is 401 g/mol. The van der Waals surface area contributed by atoms with E-state index in [4.69, 9.17) is 4.74 Å². The summed E-state index contributed by atoms with van der Waals surface area (Å²) < 4.78 is 6.22. The largest absolute Gasteiger partial charge is 0.487 e. The predicted octanol–water partition coefficient (Wildman–Crippen LogP) is 5.41. The number of hydrogen-bond donors (Lipinski definition) is 2. The maximum Gasteiger partial charge on any atom is 0.131 e. The standard InChI is InChI=1S/C27H28O3/c28-26-23-15-14-22(20-8-4-5-9-20)17-24(23)30-25(27(26)29)16-18-10-12-21(13-11-18)19-6-2-1-3-7-19/h1-3,6-7,10-15,17,20,25-29H,4-5,8-9,16H2/t25-,26-,27+/m0/s1. The van der Waals surface area contributed by atoms with Gasteiger partial charge in [-0.25, -0.2) is 0 Å². The molecular weight excluding hydrogens is 372 g/mol. The molecule has 0 amide bonds. The zero-order valence-corrected chi connectivity index (χ0v) is 17.1. The molecule has 3 aromatic carbocycles. The molecular formula is C27H28O3. The van der Waals surface area contributed by atoms with E-state index in [1.165, 1.54) is 36.8 Å². The molecule has 0 saturated heterocycles. The number of aliphatic hydroxyl groups is 2. The zero-order valence-electron chi connectivity index (χ0n) is 17.1. The number of ether oxygens (including phenoxy) is 1. The van der Waals surface area contributed by atoms with Crippen molar-refractivity contribution in [2.24, 2.45) is 0 Å². The Kier molecular flexibility index (Phi) is 5.32. The molecule has 3 atom stereocenters. The second-order valence-corrected chi connectivity index (χ2v) is 8.64. The molecule has 3 aromatic rings. The fourth-order valence-corrected chi connectivity index (χ4v) is 4.89. The fourth-order valence-electron chi connectivity index (χ4n) is 4.89. The summed E-state index contributed by atoms with van der Waals surface area (Å²) in [5, 5.41) is 21.4. The number of fused-ring (bicyclic) bond motifs is 1. The lowest BCUT2D eigenvalue weighted by atomic mass is 9.89. The van der Waals surface area contributed by atoms with Crippen LogP contribution in [-0.2, 0) is 6.42 Å². The Bertz CT molecular complexity index is 990. The van der Waals surface area contributed by atoms with E-state index in [0.29, 0.717) is 17.9 Å². The van der Waals surface area contributed by atoms with Crippen LogP contribution in [0.25, 0.3) is 11.1 Å². The first-order chi connectivity index (χ1) is 14.7. The van der Waals surface area contributed by atoms with Gasteiger partial charge >= 0.3 is 0 Å². The van der Waals surface area contributed by atoms with E-state index in [2.05, 4.69) is 48.5 Å². The third-order valence-corrected chi connectivity index (χ3v) is 6.66. The van der Waals surface area contributed by atoms with Crippen LogP contribution in [0.3, 0.4) is 0 Å². The number of aliphatic hydroxyl groups excluding tert-OH is 2. The molecule has 0 bridgehead atoms. The minimum atomic E-state index is -0.941. The van der Waals surface area contributed by atoms with Gasteiger partial charge in [-0.1, -0.05) is 79.6 Å². The summed E-state index contributed by atoms with van der Waals surface area (Å²) in [6, 6.07) is 24.7. The fraction of sp³-hybridized carbons (Fsp3) is 0.333. The highest BCUT2D eigenvalue weighted by Crippen LogP contribution is 2.41. The van der Waals surface area contributed by atoms with Gasteiger partial charge < -0.3 is 14.9 Å². The smallest absolute Gasteiger partial charge is 0.131 e. The lowest BCUT2D eigenvalue weighted by Crippen LogP contribution is -2.42. The summed E-state index contributed by atoms with van der Waals surface area (Å²) >= 11 is 0. The van der Waals surface area contributed by atoms with Crippen LogP contribution in [0.15, 0.2) is 72.8 Å². The molecule has 1 aliphatic heterocycles. The Morgan fingerprint density at radius 2 is 1.50 bits per heavy atom. The van der Waals surface area contributed by atoms with Crippen molar-refractivity contribution in [3.8, 4) is 16.9 Å². The van der Waals surface area contributed by atoms with Crippen molar-refractivity contribution in [1.82, 2.24) is 0 Å². The van der Waals surface area contributed by atoms with Crippen LogP contribution < -0.4 is 4.74 Å². The van der Waals surface area contributed by atoms with E-state index in [9.17, 15) is 10.2 Å². The highest BCUT2D eigenvalue weighted by atomic mass is 16.5. The topological polar surface area (TPSA) is 49.7 Å². The molecule has 1 aliphatic carbocycles. The van der Waals surface area contributed by atoms with Gasteiger partial charge in [-0.15, -0.1) is 0 Å². The molecule has 2 N–H and O–H groups in total. The van der Waals surface area contributed by atoms with E-state index in [1.807, 2.05) is 24.3 Å². The van der Waals surface area contributed by atoms with Crippen LogP contribution in [0.5, 0.6) is 5.75 Å². The molecule has 30 heavy (non-hydrogen) atoms. The Hall–Kier alpha value is -2.62. The van der Waals surface area contributed by atoms with Crippen LogP contribution in [0.1, 0.15) is 54.4 Å². The van der Waals surface area contributed by atoms with Crippen LogP contribution in [0, 0.1) is 0 Å². The van der Waals surface area contributed by atoms with E-state index in [-0.39, 0.29) is 0 Å². The van der Waals surface area contributed by atoms with Crippen molar-refractivity contribution in [1.29, 1.82) is 0 Å². The molecule has 1 heterocycles. The SMILES string of the molecule is O[C@@H]1[C@H](Cc2ccc(-c3ccccc3)cc2)Oc2cc(C3CCCC3)ccc2[C@@H]1O. The summed E-state index contributed by atoms with van der Waals surface area (Å²) in [5.74, 6) is 1.31. The minimum Gasteiger partial charge on any atom is -0.487 e. The van der Waals surface area contributed by atoms with Gasteiger partial charge in [0.05, 0.1) is 0 Å². The average Bonchev–Trinajstić information content (AvgIpc) is 3.33. The van der Waals surface area contributed by atoms with Crippen molar-refractivity contribution >= 4 is 0 Å². The normalized spacial score (nSPS) is 23.7. The molecule has 5 rings (SSSR count). The van der Waals surface area contributed by atoms with Gasteiger partial charge in [-0.3, -0.25) is 0 Å². The van der Waals surface area contributed by atoms with Gasteiger partial charge in [0.25, 0.3) is 0 Å². The highest BCUT2D eigenvalue weighted by molar-refractivity contribution is 5.63. The van der Waals surface area contributed by atoms with Gasteiger partial charge in [0.2, 0.25) is 0 Å². The second-order valence-electron chi connectivity index (χ2n) is 8.64. The Morgan fingerprint density at radius 3 is 2.23 bits per heavy atom. The molecule has 1 fully saturated rings. The summed E-state index contributed by atoms with van der Waals surface area (Å²) in [6.07, 6.45) is 3.25. The maximum atomic E-state index is 10.7. The van der Waals surface area contributed by atoms with E-state index in [0.717, 1.165) is 16.9 Å². The molecule has 154 valence electrons. The van der Waals surface area contributed by atoms with Gasteiger partial charge in [-0.05, 0) is 47.1 Å². The van der Waals surface area contributed by atoms with Crippen LogP contribution >= 0.6 is 0 Å².